The van der Waals surface area contributed by atoms with Crippen LogP contribution in [-0.2, 0) is 0 Å². The smallest absolute Gasteiger partial charge is 0.0218 e. The maximum absolute atomic E-state index is 5.96. The van der Waals surface area contributed by atoms with Crippen molar-refractivity contribution in [3.8, 4) is 0 Å². The lowest BCUT2D eigenvalue weighted by molar-refractivity contribution is 0.306. The molecule has 0 amide bonds. The summed E-state index contributed by atoms with van der Waals surface area (Å²) in [4.78, 5) is 0. The summed E-state index contributed by atoms with van der Waals surface area (Å²) in [6, 6.07) is 0.609. The highest BCUT2D eigenvalue weighted by molar-refractivity contribution is 4.93. The Morgan fingerprint density at radius 2 is 1.47 bits per heavy atom. The van der Waals surface area contributed by atoms with Crippen molar-refractivity contribution in [1.82, 2.24) is 5.32 Å². The Morgan fingerprint density at radius 3 is 1.94 bits per heavy atom. The van der Waals surface area contributed by atoms with E-state index in [1.807, 2.05) is 0 Å². The van der Waals surface area contributed by atoms with Crippen molar-refractivity contribution in [3.63, 3.8) is 0 Å². The van der Waals surface area contributed by atoms with Crippen LogP contribution in [0.2, 0.25) is 0 Å². The maximum Gasteiger partial charge on any atom is 0.0218 e. The molecule has 1 atom stereocenters. The molecule has 0 bridgehead atoms. The molecule has 3 aliphatic carbocycles. The molecule has 3 aliphatic rings. The van der Waals surface area contributed by atoms with Crippen molar-refractivity contribution in [2.24, 2.45) is 29.4 Å². The van der Waals surface area contributed by atoms with Gasteiger partial charge in [-0.15, -0.1) is 0 Å². The van der Waals surface area contributed by atoms with E-state index in [-0.39, 0.29) is 0 Å². The second kappa shape index (κ2) is 5.27. The van der Waals surface area contributed by atoms with Crippen molar-refractivity contribution in [2.75, 3.05) is 13.1 Å². The Hall–Kier alpha value is -0.0800. The molecule has 3 rings (SSSR count). The summed E-state index contributed by atoms with van der Waals surface area (Å²) in [6.07, 6.45) is 11.7. The zero-order valence-corrected chi connectivity index (χ0v) is 11.0. The minimum Gasteiger partial charge on any atom is -0.329 e. The van der Waals surface area contributed by atoms with Crippen LogP contribution < -0.4 is 11.1 Å². The van der Waals surface area contributed by atoms with Gasteiger partial charge in [-0.05, 0) is 68.7 Å². The van der Waals surface area contributed by atoms with Gasteiger partial charge in [0.15, 0.2) is 0 Å². The molecule has 1 unspecified atom stereocenters. The minimum absolute atomic E-state index is 0.609. The molecule has 2 nitrogen and oxygen atoms in total. The third-order valence-corrected chi connectivity index (χ3v) is 5.29. The molecule has 0 aromatic rings. The van der Waals surface area contributed by atoms with E-state index in [1.54, 1.807) is 0 Å². The van der Waals surface area contributed by atoms with E-state index >= 15 is 0 Å². The summed E-state index contributed by atoms with van der Waals surface area (Å²) in [5, 5.41) is 3.83. The summed E-state index contributed by atoms with van der Waals surface area (Å²) in [5.74, 6) is 4.00. The predicted molar refractivity (Wildman–Crippen MR) is 71.7 cm³/mol. The zero-order chi connectivity index (χ0) is 11.7. The lowest BCUT2D eigenvalue weighted by Crippen LogP contribution is -2.44. The van der Waals surface area contributed by atoms with E-state index in [1.165, 1.54) is 57.9 Å². The van der Waals surface area contributed by atoms with Crippen LogP contribution in [0.5, 0.6) is 0 Å². The second-order valence-electron chi connectivity index (χ2n) is 6.63. The van der Waals surface area contributed by atoms with Crippen molar-refractivity contribution in [1.29, 1.82) is 0 Å². The number of rotatable bonds is 7. The molecule has 3 fully saturated rings. The highest BCUT2D eigenvalue weighted by atomic mass is 14.9. The summed E-state index contributed by atoms with van der Waals surface area (Å²) in [5.41, 5.74) is 5.96. The first-order valence-electron chi connectivity index (χ1n) is 7.82. The molecule has 0 heterocycles. The number of hydrogen-bond donors (Lipinski definition) is 2. The molecular weight excluding hydrogens is 208 g/mol. The highest BCUT2D eigenvalue weighted by Crippen LogP contribution is 2.48. The lowest BCUT2D eigenvalue weighted by atomic mass is 9.94. The standard InChI is InChI=1S/C15H28N2/c16-9-15(13-3-1-2-4-13)17-10-14(11-5-6-11)12-7-8-12/h11-15,17H,1-10,16H2. The van der Waals surface area contributed by atoms with Crippen molar-refractivity contribution < 1.29 is 0 Å². The SMILES string of the molecule is NCC(NCC(C1CC1)C1CC1)C1CCCC1. The van der Waals surface area contributed by atoms with Gasteiger partial charge in [0.1, 0.15) is 0 Å². The van der Waals surface area contributed by atoms with Gasteiger partial charge in [-0.1, -0.05) is 12.8 Å². The summed E-state index contributed by atoms with van der Waals surface area (Å²) in [7, 11) is 0. The fourth-order valence-corrected chi connectivity index (χ4v) is 3.86. The van der Waals surface area contributed by atoms with E-state index < -0.39 is 0 Å². The van der Waals surface area contributed by atoms with Crippen LogP contribution in [0.25, 0.3) is 0 Å². The van der Waals surface area contributed by atoms with E-state index in [4.69, 9.17) is 5.73 Å². The van der Waals surface area contributed by atoms with Gasteiger partial charge in [-0.2, -0.15) is 0 Å². The molecule has 0 aromatic heterocycles. The average Bonchev–Trinajstić information content (AvgIpc) is 3.27. The predicted octanol–water partition coefficient (Wildman–Crippen LogP) is 2.53. The zero-order valence-electron chi connectivity index (χ0n) is 11.0. The monoisotopic (exact) mass is 236 g/mol. The third kappa shape index (κ3) is 3.03. The van der Waals surface area contributed by atoms with Gasteiger partial charge >= 0.3 is 0 Å². The van der Waals surface area contributed by atoms with Gasteiger partial charge < -0.3 is 11.1 Å². The first kappa shape index (κ1) is 12.0. The number of nitrogens with one attached hydrogen (secondary N) is 1. The average molecular weight is 236 g/mol. The van der Waals surface area contributed by atoms with Crippen LogP contribution in [0.4, 0.5) is 0 Å². The summed E-state index contributed by atoms with van der Waals surface area (Å²) in [6.45, 7) is 2.10. The minimum atomic E-state index is 0.609. The fraction of sp³-hybridized carbons (Fsp3) is 1.00. The molecule has 98 valence electrons. The van der Waals surface area contributed by atoms with Gasteiger partial charge in [-0.25, -0.2) is 0 Å². The van der Waals surface area contributed by atoms with Gasteiger partial charge in [0, 0.05) is 12.6 Å². The van der Waals surface area contributed by atoms with Gasteiger partial charge in [0.05, 0.1) is 0 Å². The maximum atomic E-state index is 5.96. The molecule has 0 aliphatic heterocycles. The topological polar surface area (TPSA) is 38.0 Å². The molecule has 0 radical (unpaired) electrons. The first-order chi connectivity index (χ1) is 8.38. The Balaban J connectivity index is 1.46. The molecule has 3 saturated carbocycles. The summed E-state index contributed by atoms with van der Waals surface area (Å²) < 4.78 is 0. The quantitative estimate of drug-likeness (QED) is 0.713. The van der Waals surface area contributed by atoms with E-state index in [0.29, 0.717) is 6.04 Å². The molecule has 0 saturated heterocycles. The Bertz CT molecular complexity index is 227. The van der Waals surface area contributed by atoms with E-state index in [0.717, 1.165) is 30.2 Å². The van der Waals surface area contributed by atoms with Crippen LogP contribution in [0.15, 0.2) is 0 Å². The molecular formula is C15H28N2. The van der Waals surface area contributed by atoms with Gasteiger partial charge in [0.2, 0.25) is 0 Å². The number of nitrogens with two attached hydrogens (primary N) is 1. The Morgan fingerprint density at radius 1 is 0.882 bits per heavy atom. The highest BCUT2D eigenvalue weighted by Gasteiger charge is 2.41. The molecule has 0 spiro atoms. The Labute approximate surface area is 106 Å². The van der Waals surface area contributed by atoms with E-state index in [2.05, 4.69) is 5.32 Å². The second-order valence-corrected chi connectivity index (χ2v) is 6.63. The largest absolute Gasteiger partial charge is 0.329 e. The van der Waals surface area contributed by atoms with Crippen molar-refractivity contribution in [3.05, 3.63) is 0 Å². The van der Waals surface area contributed by atoms with Crippen LogP contribution in [-0.4, -0.2) is 19.1 Å². The van der Waals surface area contributed by atoms with E-state index in [9.17, 15) is 0 Å². The van der Waals surface area contributed by atoms with Crippen LogP contribution in [0.1, 0.15) is 51.4 Å². The molecule has 2 heteroatoms. The van der Waals surface area contributed by atoms with Gasteiger partial charge in [0.25, 0.3) is 0 Å². The Kier molecular flexibility index (Phi) is 3.72. The molecule has 3 N–H and O–H groups in total. The van der Waals surface area contributed by atoms with Crippen molar-refractivity contribution >= 4 is 0 Å². The summed E-state index contributed by atoms with van der Waals surface area (Å²) >= 11 is 0. The lowest BCUT2D eigenvalue weighted by Gasteiger charge is -2.26. The fourth-order valence-electron chi connectivity index (χ4n) is 3.86. The first-order valence-corrected chi connectivity index (χ1v) is 7.82. The van der Waals surface area contributed by atoms with Crippen LogP contribution >= 0.6 is 0 Å². The van der Waals surface area contributed by atoms with Crippen LogP contribution in [0.3, 0.4) is 0 Å². The number of hydrogen-bond acceptors (Lipinski definition) is 2. The van der Waals surface area contributed by atoms with Crippen LogP contribution in [0, 0.1) is 23.7 Å². The molecule has 0 aromatic carbocycles. The third-order valence-electron chi connectivity index (χ3n) is 5.29. The molecule has 17 heavy (non-hydrogen) atoms. The van der Waals surface area contributed by atoms with Crippen molar-refractivity contribution in [2.45, 2.75) is 57.4 Å². The van der Waals surface area contributed by atoms with Gasteiger partial charge in [-0.3, -0.25) is 0 Å². The normalized spacial score (nSPS) is 27.9.